The van der Waals surface area contributed by atoms with Crippen molar-refractivity contribution < 1.29 is 23.8 Å². The van der Waals surface area contributed by atoms with Gasteiger partial charge in [-0.05, 0) is 43.5 Å². The van der Waals surface area contributed by atoms with Crippen molar-refractivity contribution in [2.75, 3.05) is 25.0 Å². The zero-order valence-electron chi connectivity index (χ0n) is 20.4. The van der Waals surface area contributed by atoms with Gasteiger partial charge in [0.25, 0.3) is 5.91 Å². The lowest BCUT2D eigenvalue weighted by molar-refractivity contribution is 0.0645. The summed E-state index contributed by atoms with van der Waals surface area (Å²) in [6.07, 6.45) is 3.89. The number of hydrogen-bond acceptors (Lipinski definition) is 6. The summed E-state index contributed by atoms with van der Waals surface area (Å²) in [4.78, 5) is 31.5. The van der Waals surface area contributed by atoms with Gasteiger partial charge in [0.2, 0.25) is 0 Å². The Morgan fingerprint density at radius 3 is 2.68 bits per heavy atom. The predicted octanol–water partition coefficient (Wildman–Crippen LogP) is 4.84. The first-order valence-electron chi connectivity index (χ1n) is 12.1. The number of ether oxygens (including phenoxy) is 1. The molecular weight excluding hydrogens is 513 g/mol. The van der Waals surface area contributed by atoms with Crippen molar-refractivity contribution in [2.45, 2.75) is 25.2 Å². The summed E-state index contributed by atoms with van der Waals surface area (Å²) in [7, 11) is 0. The number of halogens is 2. The lowest BCUT2D eigenvalue weighted by atomic mass is 9.74. The maximum atomic E-state index is 13.8. The Morgan fingerprint density at radius 2 is 1.92 bits per heavy atom. The van der Waals surface area contributed by atoms with Crippen molar-refractivity contribution in [1.29, 1.82) is 0 Å². The van der Waals surface area contributed by atoms with Gasteiger partial charge in [-0.2, -0.15) is 9.61 Å². The van der Waals surface area contributed by atoms with E-state index in [1.165, 1.54) is 29.0 Å². The molecule has 0 saturated carbocycles. The van der Waals surface area contributed by atoms with Crippen LogP contribution in [0.25, 0.3) is 5.65 Å². The highest BCUT2D eigenvalue weighted by atomic mass is 35.5. The lowest BCUT2D eigenvalue weighted by Gasteiger charge is -2.38. The standard InChI is InChI=1S/C27H23ClFN5O4/c1-15-2-5-20(28)21(10-15)32-24-17(12-30-23-18(26(36)37)13-31-34(23)24)25(35)33-8-6-27(7-9-33)14-38-22-11-16(29)3-4-19(22)27/h2-5,10-13,32H,6-9,14H2,1H3,(H,36,37). The van der Waals surface area contributed by atoms with Crippen molar-refractivity contribution in [1.82, 2.24) is 19.5 Å². The number of anilines is 2. The summed E-state index contributed by atoms with van der Waals surface area (Å²) < 4.78 is 20.8. The summed E-state index contributed by atoms with van der Waals surface area (Å²) in [5.41, 5.74) is 2.45. The van der Waals surface area contributed by atoms with Crippen LogP contribution in [-0.4, -0.2) is 56.2 Å². The van der Waals surface area contributed by atoms with Gasteiger partial charge >= 0.3 is 5.97 Å². The summed E-state index contributed by atoms with van der Waals surface area (Å²) in [6, 6.07) is 10.1. The largest absolute Gasteiger partial charge is 0.492 e. The van der Waals surface area contributed by atoms with E-state index in [1.54, 1.807) is 17.0 Å². The normalized spacial score (nSPS) is 15.9. The number of hydrogen-bond donors (Lipinski definition) is 2. The molecule has 4 heterocycles. The van der Waals surface area contributed by atoms with Crippen molar-refractivity contribution in [3.63, 3.8) is 0 Å². The second-order valence-electron chi connectivity index (χ2n) is 9.73. The SMILES string of the molecule is Cc1ccc(Cl)c(Nc2c(C(=O)N3CCC4(CC3)COc3cc(F)ccc34)cnc3c(C(=O)O)cnn23)c1. The number of fused-ring (bicyclic) bond motifs is 3. The number of piperidine rings is 1. The maximum absolute atomic E-state index is 13.8. The Morgan fingerprint density at radius 1 is 1.13 bits per heavy atom. The minimum atomic E-state index is -1.17. The number of benzene rings is 2. The zero-order valence-corrected chi connectivity index (χ0v) is 21.1. The zero-order chi connectivity index (χ0) is 26.6. The van der Waals surface area contributed by atoms with Crippen LogP contribution in [0.5, 0.6) is 5.75 Å². The van der Waals surface area contributed by atoms with E-state index in [9.17, 15) is 19.1 Å². The molecular formula is C27H23ClFN5O4. The molecule has 0 radical (unpaired) electrons. The number of rotatable bonds is 4. The molecule has 1 saturated heterocycles. The van der Waals surface area contributed by atoms with Gasteiger partial charge in [0.05, 0.1) is 23.5 Å². The van der Waals surface area contributed by atoms with E-state index in [0.717, 1.165) is 11.1 Å². The first-order chi connectivity index (χ1) is 18.3. The number of aromatic nitrogens is 3. The fourth-order valence-electron chi connectivity index (χ4n) is 5.29. The first kappa shape index (κ1) is 24.2. The van der Waals surface area contributed by atoms with Crippen molar-refractivity contribution in [2.24, 2.45) is 0 Å². The molecule has 38 heavy (non-hydrogen) atoms. The van der Waals surface area contributed by atoms with Gasteiger partial charge in [-0.3, -0.25) is 4.79 Å². The number of nitrogens with zero attached hydrogens (tertiary/aromatic N) is 4. The van der Waals surface area contributed by atoms with Gasteiger partial charge in [0.15, 0.2) is 5.65 Å². The molecule has 1 fully saturated rings. The highest BCUT2D eigenvalue weighted by Crippen LogP contribution is 2.46. The number of likely N-dealkylation sites (tertiary alicyclic amines) is 1. The molecule has 0 atom stereocenters. The Labute approximate surface area is 221 Å². The van der Waals surface area contributed by atoms with E-state index in [-0.39, 0.29) is 39.7 Å². The monoisotopic (exact) mass is 535 g/mol. The number of nitrogens with one attached hydrogen (secondary N) is 1. The molecule has 1 amide bonds. The second-order valence-corrected chi connectivity index (χ2v) is 10.1. The quantitative estimate of drug-likeness (QED) is 0.385. The third kappa shape index (κ3) is 3.92. The number of amides is 1. The summed E-state index contributed by atoms with van der Waals surface area (Å²) in [6.45, 7) is 3.28. The van der Waals surface area contributed by atoms with Crippen LogP contribution in [0.2, 0.25) is 5.02 Å². The number of carbonyl (C=O) groups is 2. The highest BCUT2D eigenvalue weighted by Gasteiger charge is 2.44. The van der Waals surface area contributed by atoms with Crippen LogP contribution in [0.1, 0.15) is 44.7 Å². The Kier molecular flexibility index (Phi) is 5.71. The Hall–Kier alpha value is -4.18. The molecule has 6 rings (SSSR count). The van der Waals surface area contributed by atoms with Crippen LogP contribution in [0.3, 0.4) is 0 Å². The van der Waals surface area contributed by atoms with Gasteiger partial charge in [0.1, 0.15) is 28.5 Å². The smallest absolute Gasteiger partial charge is 0.341 e. The van der Waals surface area contributed by atoms with Gasteiger partial charge in [-0.15, -0.1) is 0 Å². The van der Waals surface area contributed by atoms with Gasteiger partial charge in [0, 0.05) is 36.3 Å². The summed E-state index contributed by atoms with van der Waals surface area (Å²) in [5.74, 6) is -0.952. The molecule has 0 unspecified atom stereocenters. The van der Waals surface area contributed by atoms with Crippen LogP contribution in [0, 0.1) is 12.7 Å². The van der Waals surface area contributed by atoms with E-state index in [2.05, 4.69) is 15.4 Å². The summed E-state index contributed by atoms with van der Waals surface area (Å²) in [5, 5.41) is 17.4. The van der Waals surface area contributed by atoms with Crippen LogP contribution in [0.4, 0.5) is 15.9 Å². The highest BCUT2D eigenvalue weighted by molar-refractivity contribution is 6.33. The van der Waals surface area contributed by atoms with E-state index in [0.29, 0.717) is 49.0 Å². The average molecular weight is 536 g/mol. The fraction of sp³-hybridized carbons (Fsp3) is 0.259. The van der Waals surface area contributed by atoms with Gasteiger partial charge < -0.3 is 20.1 Å². The molecule has 0 bridgehead atoms. The minimum absolute atomic E-state index is 0.0846. The van der Waals surface area contributed by atoms with Crippen LogP contribution in [-0.2, 0) is 5.41 Å². The molecule has 4 aromatic rings. The van der Waals surface area contributed by atoms with Crippen LogP contribution in [0.15, 0.2) is 48.8 Å². The summed E-state index contributed by atoms with van der Waals surface area (Å²) >= 11 is 6.42. The first-order valence-corrected chi connectivity index (χ1v) is 12.5. The molecule has 194 valence electrons. The third-order valence-electron chi connectivity index (χ3n) is 7.39. The lowest BCUT2D eigenvalue weighted by Crippen LogP contribution is -2.46. The number of aromatic carboxylic acids is 1. The van der Waals surface area contributed by atoms with Gasteiger partial charge in [-0.25, -0.2) is 14.2 Å². The second kappa shape index (κ2) is 8.98. The maximum Gasteiger partial charge on any atom is 0.341 e. The van der Waals surface area contributed by atoms with Crippen LogP contribution < -0.4 is 10.1 Å². The molecule has 2 aliphatic heterocycles. The predicted molar refractivity (Wildman–Crippen MR) is 138 cm³/mol. The van der Waals surface area contributed by atoms with Crippen LogP contribution >= 0.6 is 11.6 Å². The Balaban J connectivity index is 1.34. The van der Waals surface area contributed by atoms with Crippen molar-refractivity contribution >= 4 is 40.6 Å². The van der Waals surface area contributed by atoms with E-state index >= 15 is 0 Å². The molecule has 2 aliphatic rings. The molecule has 9 nitrogen and oxygen atoms in total. The molecule has 0 aliphatic carbocycles. The molecule has 1 spiro atoms. The molecule has 11 heteroatoms. The Bertz CT molecular complexity index is 1610. The minimum Gasteiger partial charge on any atom is -0.492 e. The third-order valence-corrected chi connectivity index (χ3v) is 7.72. The number of carboxylic acid groups (broad SMARTS) is 1. The van der Waals surface area contributed by atoms with E-state index in [4.69, 9.17) is 16.3 Å². The number of aryl methyl sites for hydroxylation is 1. The van der Waals surface area contributed by atoms with E-state index < -0.39 is 5.97 Å². The molecule has 2 N–H and O–H groups in total. The molecule has 2 aromatic heterocycles. The fourth-order valence-corrected chi connectivity index (χ4v) is 5.45. The average Bonchev–Trinajstić information content (AvgIpc) is 3.49. The number of carboxylic acids is 1. The number of carbonyl (C=O) groups excluding carboxylic acids is 1. The van der Waals surface area contributed by atoms with Gasteiger partial charge in [-0.1, -0.05) is 23.7 Å². The van der Waals surface area contributed by atoms with Crippen molar-refractivity contribution in [3.8, 4) is 5.75 Å². The molecule has 2 aromatic carbocycles. The van der Waals surface area contributed by atoms with Crippen molar-refractivity contribution in [3.05, 3.63) is 81.9 Å². The topological polar surface area (TPSA) is 109 Å². The van der Waals surface area contributed by atoms with E-state index in [1.807, 2.05) is 19.1 Å².